The number of rotatable bonds is 3. The van der Waals surface area contributed by atoms with Crippen LogP contribution < -0.4 is 0 Å². The Balaban J connectivity index is 2.81. The van der Waals surface area contributed by atoms with Crippen LogP contribution in [-0.2, 0) is 0 Å². The highest BCUT2D eigenvalue weighted by Crippen LogP contribution is 2.21. The minimum atomic E-state index is 0.622. The first-order valence-corrected chi connectivity index (χ1v) is 5.86. The van der Waals surface area contributed by atoms with Crippen LogP contribution in [-0.4, -0.2) is 25.0 Å². The van der Waals surface area contributed by atoms with E-state index in [1.165, 1.54) is 24.1 Å². The van der Waals surface area contributed by atoms with Crippen molar-refractivity contribution in [1.29, 1.82) is 0 Å². The zero-order valence-electron chi connectivity index (χ0n) is 10.5. The van der Waals surface area contributed by atoms with Gasteiger partial charge in [-0.15, -0.1) is 0 Å². The maximum atomic E-state index is 2.36. The van der Waals surface area contributed by atoms with E-state index in [2.05, 4.69) is 57.0 Å². The Bertz CT molecular complexity index is 282. The lowest BCUT2D eigenvalue weighted by molar-refractivity contribution is 0.360. The fourth-order valence-electron chi connectivity index (χ4n) is 1.84. The Morgan fingerprint density at radius 1 is 1.47 bits per heavy atom. The van der Waals surface area contributed by atoms with Crippen LogP contribution in [0.3, 0.4) is 0 Å². The van der Waals surface area contributed by atoms with Crippen LogP contribution in [0.25, 0.3) is 0 Å². The summed E-state index contributed by atoms with van der Waals surface area (Å²) in [6.45, 7) is 8.82. The lowest BCUT2D eigenvalue weighted by Crippen LogP contribution is -2.24. The van der Waals surface area contributed by atoms with Crippen molar-refractivity contribution in [1.82, 2.24) is 4.90 Å². The van der Waals surface area contributed by atoms with Gasteiger partial charge in [-0.25, -0.2) is 0 Å². The number of hydrogen-bond acceptors (Lipinski definition) is 1. The van der Waals surface area contributed by atoms with Crippen LogP contribution in [0, 0.1) is 5.92 Å². The fraction of sp³-hybridized carbons (Fsp3) is 0.571. The third kappa shape index (κ3) is 4.05. The Labute approximate surface area is 94.2 Å². The van der Waals surface area contributed by atoms with E-state index < -0.39 is 0 Å². The minimum absolute atomic E-state index is 0.622. The Morgan fingerprint density at radius 2 is 2.20 bits per heavy atom. The molecule has 0 spiro atoms. The molecule has 84 valence electrons. The van der Waals surface area contributed by atoms with Gasteiger partial charge < -0.3 is 4.90 Å². The van der Waals surface area contributed by atoms with Crippen molar-refractivity contribution in [2.24, 2.45) is 5.92 Å². The first-order chi connectivity index (χ1) is 7.13. The molecule has 1 aliphatic rings. The van der Waals surface area contributed by atoms with Gasteiger partial charge >= 0.3 is 0 Å². The normalized spacial score (nSPS) is 20.1. The van der Waals surface area contributed by atoms with Gasteiger partial charge in [-0.05, 0) is 37.5 Å². The van der Waals surface area contributed by atoms with E-state index in [4.69, 9.17) is 0 Å². The largest absolute Gasteiger partial charge is 0.302 e. The third-order valence-electron chi connectivity index (χ3n) is 2.64. The number of likely N-dealkylation sites (N-methyl/N-ethyl adjacent to an activating group) is 1. The molecule has 0 amide bonds. The minimum Gasteiger partial charge on any atom is -0.302 e. The van der Waals surface area contributed by atoms with Gasteiger partial charge in [0, 0.05) is 13.1 Å². The second kappa shape index (κ2) is 5.92. The van der Waals surface area contributed by atoms with Gasteiger partial charge in [-0.2, -0.15) is 0 Å². The Kier molecular flexibility index (Phi) is 4.83. The summed E-state index contributed by atoms with van der Waals surface area (Å²) in [7, 11) is 2.18. The summed E-state index contributed by atoms with van der Waals surface area (Å²) in [5.74, 6) is 0.622. The van der Waals surface area contributed by atoms with E-state index in [1.54, 1.807) is 0 Å². The van der Waals surface area contributed by atoms with E-state index in [0.717, 1.165) is 6.54 Å². The first kappa shape index (κ1) is 12.3. The van der Waals surface area contributed by atoms with Crippen molar-refractivity contribution < 1.29 is 0 Å². The van der Waals surface area contributed by atoms with Gasteiger partial charge in [0.15, 0.2) is 0 Å². The lowest BCUT2D eigenvalue weighted by Gasteiger charge is -2.22. The number of nitrogens with zero attached hydrogens (tertiary/aromatic N) is 1. The van der Waals surface area contributed by atoms with E-state index in [1.807, 2.05) is 0 Å². The average molecular weight is 205 g/mol. The molecule has 0 atom stereocenters. The van der Waals surface area contributed by atoms with Crippen molar-refractivity contribution in [2.45, 2.75) is 27.2 Å². The molecule has 1 heteroatoms. The molecule has 0 aromatic carbocycles. The zero-order valence-corrected chi connectivity index (χ0v) is 10.5. The molecule has 0 radical (unpaired) electrons. The van der Waals surface area contributed by atoms with Crippen LogP contribution in [0.1, 0.15) is 27.2 Å². The quantitative estimate of drug-likeness (QED) is 0.638. The molecule has 1 nitrogen and oxygen atoms in total. The van der Waals surface area contributed by atoms with Gasteiger partial charge in [0.1, 0.15) is 0 Å². The maximum absolute atomic E-state index is 2.36. The molecule has 0 aromatic rings. The summed E-state index contributed by atoms with van der Waals surface area (Å²) >= 11 is 0. The molecular weight excluding hydrogens is 182 g/mol. The summed E-state index contributed by atoms with van der Waals surface area (Å²) in [5, 5.41) is 0. The topological polar surface area (TPSA) is 3.24 Å². The van der Waals surface area contributed by atoms with Crippen LogP contribution in [0.15, 0.2) is 35.5 Å². The van der Waals surface area contributed by atoms with Gasteiger partial charge in [0.05, 0.1) is 0 Å². The van der Waals surface area contributed by atoms with Crippen molar-refractivity contribution in [3.8, 4) is 0 Å². The summed E-state index contributed by atoms with van der Waals surface area (Å²) < 4.78 is 0. The molecule has 1 heterocycles. The Hall–Kier alpha value is -0.820. The predicted molar refractivity (Wildman–Crippen MR) is 67.9 cm³/mol. The Morgan fingerprint density at radius 3 is 2.67 bits per heavy atom. The molecule has 15 heavy (non-hydrogen) atoms. The second-order valence-corrected chi connectivity index (χ2v) is 4.61. The monoisotopic (exact) mass is 205 g/mol. The van der Waals surface area contributed by atoms with Crippen molar-refractivity contribution in [2.75, 3.05) is 20.1 Å². The standard InChI is InChI=1S/C14H23N/c1-5-6-14(11-12(2)3)13-7-9-15(4)10-8-13/h5-7,11-12H,8-10H2,1-4H3/b6-5-,14-11+. The molecule has 0 saturated heterocycles. The predicted octanol–water partition coefficient (Wildman–Crippen LogP) is 3.41. The molecule has 0 unspecified atom stereocenters. The lowest BCUT2D eigenvalue weighted by atomic mass is 9.96. The highest BCUT2D eigenvalue weighted by atomic mass is 15.1. The molecule has 0 N–H and O–H groups in total. The third-order valence-corrected chi connectivity index (χ3v) is 2.64. The summed E-state index contributed by atoms with van der Waals surface area (Å²) in [6, 6.07) is 0. The molecule has 1 rings (SSSR count). The maximum Gasteiger partial charge on any atom is 0.0166 e. The van der Waals surface area contributed by atoms with E-state index in [9.17, 15) is 0 Å². The molecule has 0 fully saturated rings. The highest BCUT2D eigenvalue weighted by Gasteiger charge is 2.09. The summed E-state index contributed by atoms with van der Waals surface area (Å²) in [4.78, 5) is 2.35. The van der Waals surface area contributed by atoms with Crippen LogP contribution in [0.5, 0.6) is 0 Å². The van der Waals surface area contributed by atoms with Crippen LogP contribution in [0.2, 0.25) is 0 Å². The average Bonchev–Trinajstić information content (AvgIpc) is 2.17. The fourth-order valence-corrected chi connectivity index (χ4v) is 1.84. The van der Waals surface area contributed by atoms with Crippen molar-refractivity contribution in [3.63, 3.8) is 0 Å². The molecule has 0 aliphatic carbocycles. The molecule has 0 aromatic heterocycles. The second-order valence-electron chi connectivity index (χ2n) is 4.61. The number of hydrogen-bond donors (Lipinski definition) is 0. The van der Waals surface area contributed by atoms with E-state index in [0.29, 0.717) is 5.92 Å². The van der Waals surface area contributed by atoms with Crippen LogP contribution >= 0.6 is 0 Å². The summed E-state index contributed by atoms with van der Waals surface area (Å²) in [6.07, 6.45) is 10.3. The van der Waals surface area contributed by atoms with E-state index >= 15 is 0 Å². The first-order valence-electron chi connectivity index (χ1n) is 5.86. The molecule has 0 bridgehead atoms. The molecule has 1 aliphatic heterocycles. The van der Waals surface area contributed by atoms with Gasteiger partial charge in [0.2, 0.25) is 0 Å². The van der Waals surface area contributed by atoms with Gasteiger partial charge in [-0.1, -0.05) is 38.2 Å². The molecule has 0 saturated carbocycles. The van der Waals surface area contributed by atoms with Gasteiger partial charge in [-0.3, -0.25) is 0 Å². The summed E-state index contributed by atoms with van der Waals surface area (Å²) in [5.41, 5.74) is 2.93. The SMILES string of the molecule is C/C=C\C(=C/C(C)C)C1=CCN(C)CC1. The zero-order chi connectivity index (χ0) is 11.3. The van der Waals surface area contributed by atoms with Crippen LogP contribution in [0.4, 0.5) is 0 Å². The molecular formula is C14H23N. The van der Waals surface area contributed by atoms with Gasteiger partial charge in [0.25, 0.3) is 0 Å². The van der Waals surface area contributed by atoms with Crippen molar-refractivity contribution >= 4 is 0 Å². The van der Waals surface area contributed by atoms with Crippen molar-refractivity contribution in [3.05, 3.63) is 35.5 Å². The number of allylic oxidation sites excluding steroid dienone is 4. The van der Waals surface area contributed by atoms with E-state index in [-0.39, 0.29) is 0 Å². The smallest absolute Gasteiger partial charge is 0.0166 e. The highest BCUT2D eigenvalue weighted by molar-refractivity contribution is 5.40.